The first kappa shape index (κ1) is 20.9. The number of hydrogen-bond acceptors (Lipinski definition) is 6. The van der Waals surface area contributed by atoms with Crippen LogP contribution in [0.4, 0.5) is 5.69 Å². The Kier molecular flexibility index (Phi) is 5.41. The molecular formula is C23H25N7O3. The maximum absolute atomic E-state index is 13.1. The van der Waals surface area contributed by atoms with Crippen LogP contribution in [0.1, 0.15) is 42.1 Å². The number of carbonyl (C=O) groups is 2. The van der Waals surface area contributed by atoms with E-state index in [1.807, 2.05) is 17.9 Å². The van der Waals surface area contributed by atoms with E-state index in [4.69, 9.17) is 9.84 Å². The average Bonchev–Trinajstić information content (AvgIpc) is 3.46. The minimum atomic E-state index is -0.306. The molecule has 5 rings (SSSR count). The Morgan fingerprint density at radius 1 is 1.27 bits per heavy atom. The van der Waals surface area contributed by atoms with Crippen LogP contribution in [-0.2, 0) is 4.79 Å². The summed E-state index contributed by atoms with van der Waals surface area (Å²) in [6.07, 6.45) is 11.7. The lowest BCUT2D eigenvalue weighted by molar-refractivity contribution is -0.119. The molecular weight excluding hydrogens is 422 g/mol. The number of hydrogen-bond donors (Lipinski definition) is 1. The van der Waals surface area contributed by atoms with Crippen molar-refractivity contribution in [3.63, 3.8) is 0 Å². The van der Waals surface area contributed by atoms with Gasteiger partial charge in [0, 0.05) is 43.1 Å². The molecule has 170 valence electrons. The van der Waals surface area contributed by atoms with E-state index in [-0.39, 0.29) is 18.0 Å². The number of ether oxygens (including phenoxy) is 1. The number of nitrogens with one attached hydrogen (secondary N) is 1. The first-order valence-electron chi connectivity index (χ1n) is 10.9. The summed E-state index contributed by atoms with van der Waals surface area (Å²) >= 11 is 0. The number of aromatic nitrogens is 5. The number of amides is 2. The molecule has 0 spiro atoms. The zero-order valence-corrected chi connectivity index (χ0v) is 18.5. The number of nitrogens with zero attached hydrogens (tertiary/aromatic N) is 6. The Balaban J connectivity index is 1.39. The van der Waals surface area contributed by atoms with Gasteiger partial charge < -0.3 is 15.0 Å². The molecule has 1 aliphatic rings. The molecule has 1 saturated carbocycles. The molecule has 1 aromatic carbocycles. The van der Waals surface area contributed by atoms with Gasteiger partial charge >= 0.3 is 0 Å². The minimum Gasteiger partial charge on any atom is -0.496 e. The highest BCUT2D eigenvalue weighted by Crippen LogP contribution is 2.33. The van der Waals surface area contributed by atoms with E-state index in [1.165, 1.54) is 7.11 Å². The Labute approximate surface area is 190 Å². The average molecular weight is 447 g/mol. The molecule has 3 aromatic heterocycles. The summed E-state index contributed by atoms with van der Waals surface area (Å²) in [6, 6.07) is 5.92. The summed E-state index contributed by atoms with van der Waals surface area (Å²) in [5.41, 5.74) is 2.27. The number of benzene rings is 1. The molecule has 1 fully saturated rings. The summed E-state index contributed by atoms with van der Waals surface area (Å²) in [5, 5.41) is 12.7. The summed E-state index contributed by atoms with van der Waals surface area (Å²) < 4.78 is 9.09. The van der Waals surface area contributed by atoms with Crippen molar-refractivity contribution in [2.75, 3.05) is 19.5 Å². The standard InChI is InChI=1S/C23H25N7O3/c1-28(14-31)16-4-6-17(7-5-16)30-13-15-10-18(21(33-2)11-19(15)27-30)23(32)26-20-12-25-29-9-3-8-24-22(20)29/h3,8-14,16-17H,4-7H2,1-2H3,(H,26,32). The third kappa shape index (κ3) is 3.88. The maximum atomic E-state index is 13.1. The van der Waals surface area contributed by atoms with Gasteiger partial charge in [0.1, 0.15) is 11.4 Å². The molecule has 3 heterocycles. The number of carbonyl (C=O) groups excluding carboxylic acids is 2. The summed E-state index contributed by atoms with van der Waals surface area (Å²) in [4.78, 5) is 30.2. The molecule has 2 amide bonds. The Morgan fingerprint density at radius 3 is 2.85 bits per heavy atom. The monoisotopic (exact) mass is 447 g/mol. The third-order valence-corrected chi connectivity index (χ3v) is 6.40. The van der Waals surface area contributed by atoms with Gasteiger partial charge in [-0.15, -0.1) is 0 Å². The number of rotatable bonds is 6. The van der Waals surface area contributed by atoms with Crippen LogP contribution >= 0.6 is 0 Å². The van der Waals surface area contributed by atoms with Gasteiger partial charge in [0.25, 0.3) is 5.91 Å². The van der Waals surface area contributed by atoms with Crippen LogP contribution < -0.4 is 10.1 Å². The zero-order chi connectivity index (χ0) is 22.9. The lowest BCUT2D eigenvalue weighted by Gasteiger charge is -2.32. The van der Waals surface area contributed by atoms with Crippen LogP contribution in [0.15, 0.2) is 43.0 Å². The molecule has 0 unspecified atom stereocenters. The molecule has 0 radical (unpaired) electrons. The molecule has 4 aromatic rings. The third-order valence-electron chi connectivity index (χ3n) is 6.40. The van der Waals surface area contributed by atoms with Crippen LogP contribution in [0.2, 0.25) is 0 Å². The van der Waals surface area contributed by atoms with Crippen molar-refractivity contribution in [1.29, 1.82) is 0 Å². The first-order valence-corrected chi connectivity index (χ1v) is 10.9. The second-order valence-corrected chi connectivity index (χ2v) is 8.35. The Bertz CT molecular complexity index is 1320. The van der Waals surface area contributed by atoms with E-state index in [1.54, 1.807) is 46.2 Å². The van der Waals surface area contributed by atoms with Crippen molar-refractivity contribution < 1.29 is 14.3 Å². The normalized spacial score (nSPS) is 18.4. The predicted octanol–water partition coefficient (Wildman–Crippen LogP) is 2.91. The highest BCUT2D eigenvalue weighted by Gasteiger charge is 2.26. The van der Waals surface area contributed by atoms with Crippen molar-refractivity contribution in [3.05, 3.63) is 48.5 Å². The molecule has 10 heteroatoms. The van der Waals surface area contributed by atoms with E-state index in [2.05, 4.69) is 15.4 Å². The molecule has 10 nitrogen and oxygen atoms in total. The van der Waals surface area contributed by atoms with E-state index in [0.29, 0.717) is 22.6 Å². The van der Waals surface area contributed by atoms with Gasteiger partial charge in [-0.2, -0.15) is 10.2 Å². The van der Waals surface area contributed by atoms with Gasteiger partial charge in [0.2, 0.25) is 6.41 Å². The van der Waals surface area contributed by atoms with E-state index in [0.717, 1.165) is 43.0 Å². The largest absolute Gasteiger partial charge is 0.496 e. The van der Waals surface area contributed by atoms with E-state index >= 15 is 0 Å². The Hall–Kier alpha value is -3.95. The number of anilines is 1. The molecule has 0 atom stereocenters. The quantitative estimate of drug-likeness (QED) is 0.456. The zero-order valence-electron chi connectivity index (χ0n) is 18.5. The first-order chi connectivity index (χ1) is 16.1. The Morgan fingerprint density at radius 2 is 2.09 bits per heavy atom. The molecule has 33 heavy (non-hydrogen) atoms. The lowest BCUT2D eigenvalue weighted by Crippen LogP contribution is -2.34. The van der Waals surface area contributed by atoms with E-state index < -0.39 is 0 Å². The topological polar surface area (TPSA) is 107 Å². The lowest BCUT2D eigenvalue weighted by atomic mass is 9.91. The van der Waals surface area contributed by atoms with Crippen molar-refractivity contribution in [2.45, 2.75) is 37.8 Å². The van der Waals surface area contributed by atoms with Crippen LogP contribution in [0.5, 0.6) is 5.75 Å². The van der Waals surface area contributed by atoms with Crippen LogP contribution in [0, 0.1) is 0 Å². The van der Waals surface area contributed by atoms with Crippen LogP contribution in [-0.4, -0.2) is 61.8 Å². The fourth-order valence-corrected chi connectivity index (χ4v) is 4.53. The SMILES string of the molecule is COc1cc2nn(C3CCC(N(C)C=O)CC3)cc2cc1C(=O)Nc1cnn2cccnc12. The molecule has 1 aliphatic carbocycles. The van der Waals surface area contributed by atoms with Crippen molar-refractivity contribution in [1.82, 2.24) is 29.3 Å². The summed E-state index contributed by atoms with van der Waals surface area (Å²) in [7, 11) is 3.37. The van der Waals surface area contributed by atoms with Crippen molar-refractivity contribution in [2.24, 2.45) is 0 Å². The molecule has 1 N–H and O–H groups in total. The number of fused-ring (bicyclic) bond motifs is 2. The summed E-state index contributed by atoms with van der Waals surface area (Å²) in [6.45, 7) is 0. The second-order valence-electron chi connectivity index (χ2n) is 8.35. The van der Waals surface area contributed by atoms with E-state index in [9.17, 15) is 9.59 Å². The van der Waals surface area contributed by atoms with Crippen molar-refractivity contribution in [3.8, 4) is 5.75 Å². The van der Waals surface area contributed by atoms with Crippen LogP contribution in [0.3, 0.4) is 0 Å². The number of methoxy groups -OCH3 is 1. The van der Waals surface area contributed by atoms with Gasteiger partial charge in [-0.1, -0.05) is 0 Å². The minimum absolute atomic E-state index is 0.266. The highest BCUT2D eigenvalue weighted by atomic mass is 16.5. The smallest absolute Gasteiger partial charge is 0.259 e. The van der Waals surface area contributed by atoms with Gasteiger partial charge in [-0.05, 0) is 37.8 Å². The molecule has 0 aliphatic heterocycles. The van der Waals surface area contributed by atoms with Gasteiger partial charge in [-0.3, -0.25) is 14.3 Å². The summed E-state index contributed by atoms with van der Waals surface area (Å²) in [5.74, 6) is 0.144. The molecule has 0 bridgehead atoms. The van der Waals surface area contributed by atoms with Gasteiger partial charge in [0.15, 0.2) is 5.65 Å². The van der Waals surface area contributed by atoms with Gasteiger partial charge in [-0.25, -0.2) is 9.50 Å². The van der Waals surface area contributed by atoms with Gasteiger partial charge in [0.05, 0.1) is 30.4 Å². The van der Waals surface area contributed by atoms with Crippen molar-refractivity contribution >= 4 is 34.6 Å². The predicted molar refractivity (Wildman–Crippen MR) is 122 cm³/mol. The molecule has 0 saturated heterocycles. The fourth-order valence-electron chi connectivity index (χ4n) is 4.53. The highest BCUT2D eigenvalue weighted by molar-refractivity contribution is 6.09. The van der Waals surface area contributed by atoms with Crippen LogP contribution in [0.25, 0.3) is 16.6 Å². The second kappa shape index (κ2) is 8.53. The maximum Gasteiger partial charge on any atom is 0.259 e. The fraction of sp³-hybridized carbons (Fsp3) is 0.348.